The molecule has 0 spiro atoms. The molecule has 1 aliphatic heterocycles. The van der Waals surface area contributed by atoms with Gasteiger partial charge < -0.3 is 10.2 Å². The van der Waals surface area contributed by atoms with Gasteiger partial charge >= 0.3 is 0 Å². The van der Waals surface area contributed by atoms with Gasteiger partial charge in [-0.2, -0.15) is 0 Å². The lowest BCUT2D eigenvalue weighted by Crippen LogP contribution is -2.51. The minimum Gasteiger partial charge on any atom is -0.355 e. The molecule has 1 aliphatic rings. The van der Waals surface area contributed by atoms with Crippen LogP contribution < -0.4 is 5.32 Å². The van der Waals surface area contributed by atoms with Crippen molar-refractivity contribution in [1.82, 2.24) is 15.1 Å². The van der Waals surface area contributed by atoms with Crippen LogP contribution in [0.15, 0.2) is 24.3 Å². The molecule has 0 saturated carbocycles. The lowest BCUT2D eigenvalue weighted by molar-refractivity contribution is -0.122. The van der Waals surface area contributed by atoms with Gasteiger partial charge in [-0.3, -0.25) is 14.5 Å². The monoisotopic (exact) mass is 317 g/mol. The molecule has 2 amide bonds. The summed E-state index contributed by atoms with van der Waals surface area (Å²) >= 11 is 0. The van der Waals surface area contributed by atoms with Gasteiger partial charge in [-0.25, -0.2) is 0 Å². The molecule has 0 atom stereocenters. The van der Waals surface area contributed by atoms with Gasteiger partial charge in [-0.1, -0.05) is 31.0 Å². The number of amides is 2. The lowest BCUT2D eigenvalue weighted by atomic mass is 10.1. The van der Waals surface area contributed by atoms with Crippen LogP contribution in [0.3, 0.4) is 0 Å². The number of carbonyl (C=O) groups excluding carboxylic acids is 2. The number of carbonyl (C=O) groups is 2. The number of nitrogens with one attached hydrogen (secondary N) is 1. The van der Waals surface area contributed by atoms with E-state index in [4.69, 9.17) is 0 Å². The average molecular weight is 317 g/mol. The van der Waals surface area contributed by atoms with Crippen molar-refractivity contribution in [2.45, 2.75) is 26.7 Å². The highest BCUT2D eigenvalue weighted by Crippen LogP contribution is 2.10. The van der Waals surface area contributed by atoms with Crippen LogP contribution in [-0.4, -0.2) is 60.9 Å². The van der Waals surface area contributed by atoms with Crippen molar-refractivity contribution in [3.8, 4) is 0 Å². The Balaban J connectivity index is 1.76. The fourth-order valence-corrected chi connectivity index (χ4v) is 2.65. The largest absolute Gasteiger partial charge is 0.355 e. The number of hydrogen-bond acceptors (Lipinski definition) is 3. The Morgan fingerprint density at radius 3 is 2.35 bits per heavy atom. The Kier molecular flexibility index (Phi) is 6.59. The van der Waals surface area contributed by atoms with Crippen LogP contribution in [-0.2, 0) is 4.79 Å². The summed E-state index contributed by atoms with van der Waals surface area (Å²) in [5.74, 6) is 0.161. The van der Waals surface area contributed by atoms with E-state index in [-0.39, 0.29) is 11.8 Å². The van der Waals surface area contributed by atoms with Crippen molar-refractivity contribution in [2.24, 2.45) is 0 Å². The van der Waals surface area contributed by atoms with Gasteiger partial charge in [0.05, 0.1) is 6.54 Å². The normalized spacial score (nSPS) is 15.5. The molecule has 0 bridgehead atoms. The van der Waals surface area contributed by atoms with Crippen LogP contribution in [0.5, 0.6) is 0 Å². The van der Waals surface area contributed by atoms with E-state index in [2.05, 4.69) is 17.1 Å². The van der Waals surface area contributed by atoms with Gasteiger partial charge in [-0.15, -0.1) is 0 Å². The van der Waals surface area contributed by atoms with E-state index in [1.165, 1.54) is 0 Å². The van der Waals surface area contributed by atoms with Gasteiger partial charge in [0.15, 0.2) is 0 Å². The summed E-state index contributed by atoms with van der Waals surface area (Å²) in [6.45, 7) is 8.15. The first-order valence-electron chi connectivity index (χ1n) is 8.45. The minimum absolute atomic E-state index is 0.0803. The highest BCUT2D eigenvalue weighted by Gasteiger charge is 2.23. The van der Waals surface area contributed by atoms with Gasteiger partial charge in [-0.05, 0) is 25.5 Å². The molecular weight excluding hydrogens is 290 g/mol. The van der Waals surface area contributed by atoms with Crippen molar-refractivity contribution < 1.29 is 9.59 Å². The zero-order valence-electron chi connectivity index (χ0n) is 14.2. The topological polar surface area (TPSA) is 52.7 Å². The van der Waals surface area contributed by atoms with Gasteiger partial charge in [0, 0.05) is 38.3 Å². The molecular formula is C18H27N3O2. The fourth-order valence-electron chi connectivity index (χ4n) is 2.65. The van der Waals surface area contributed by atoms with Gasteiger partial charge in [0.25, 0.3) is 5.91 Å². The quantitative estimate of drug-likeness (QED) is 0.812. The van der Waals surface area contributed by atoms with Crippen molar-refractivity contribution >= 4 is 11.8 Å². The van der Waals surface area contributed by atoms with Crippen LogP contribution in [0.1, 0.15) is 35.7 Å². The summed E-state index contributed by atoms with van der Waals surface area (Å²) in [7, 11) is 0. The summed E-state index contributed by atoms with van der Waals surface area (Å²) < 4.78 is 0. The Morgan fingerprint density at radius 2 is 1.74 bits per heavy atom. The van der Waals surface area contributed by atoms with Crippen molar-refractivity contribution in [3.63, 3.8) is 0 Å². The summed E-state index contributed by atoms with van der Waals surface area (Å²) in [6.07, 6.45) is 2.10. The average Bonchev–Trinajstić information content (AvgIpc) is 2.56. The minimum atomic E-state index is 0.0803. The molecule has 5 nitrogen and oxygen atoms in total. The Bertz CT molecular complexity index is 520. The zero-order valence-corrected chi connectivity index (χ0v) is 14.2. The molecule has 23 heavy (non-hydrogen) atoms. The predicted molar refractivity (Wildman–Crippen MR) is 91.4 cm³/mol. The Morgan fingerprint density at radius 1 is 1.09 bits per heavy atom. The van der Waals surface area contributed by atoms with E-state index >= 15 is 0 Å². The Labute approximate surface area is 138 Å². The molecule has 1 aromatic rings. The number of piperazine rings is 1. The SMILES string of the molecule is CCCCNC(=O)CN1CCN(C(=O)c2ccc(C)cc2)CC1. The second-order valence-corrected chi connectivity index (χ2v) is 6.14. The standard InChI is InChI=1S/C18H27N3O2/c1-3-4-9-19-17(22)14-20-10-12-21(13-11-20)18(23)16-7-5-15(2)6-8-16/h5-8H,3-4,9-14H2,1-2H3,(H,19,22). The maximum atomic E-state index is 12.4. The number of benzene rings is 1. The third kappa shape index (κ3) is 5.36. The van der Waals surface area contributed by atoms with Gasteiger partial charge in [0.1, 0.15) is 0 Å². The van der Waals surface area contributed by atoms with Crippen LogP contribution in [0.2, 0.25) is 0 Å². The number of hydrogen-bond donors (Lipinski definition) is 1. The summed E-state index contributed by atoms with van der Waals surface area (Å²) in [5.41, 5.74) is 1.89. The first-order valence-corrected chi connectivity index (χ1v) is 8.45. The summed E-state index contributed by atoms with van der Waals surface area (Å²) in [6, 6.07) is 7.69. The predicted octanol–water partition coefficient (Wildman–Crippen LogP) is 1.67. The summed E-state index contributed by atoms with van der Waals surface area (Å²) in [5, 5.41) is 2.93. The molecule has 0 aromatic heterocycles. The highest BCUT2D eigenvalue weighted by atomic mass is 16.2. The van der Waals surface area contributed by atoms with E-state index in [0.29, 0.717) is 19.6 Å². The molecule has 0 unspecified atom stereocenters. The molecule has 1 fully saturated rings. The number of rotatable bonds is 6. The molecule has 1 N–H and O–H groups in total. The van der Waals surface area contributed by atoms with Gasteiger partial charge in [0.2, 0.25) is 5.91 Å². The molecule has 1 saturated heterocycles. The van der Waals surface area contributed by atoms with Crippen LogP contribution in [0, 0.1) is 6.92 Å². The second kappa shape index (κ2) is 8.67. The molecule has 0 radical (unpaired) electrons. The lowest BCUT2D eigenvalue weighted by Gasteiger charge is -2.34. The van der Waals surface area contributed by atoms with Crippen molar-refractivity contribution in [3.05, 3.63) is 35.4 Å². The molecule has 2 rings (SSSR count). The van der Waals surface area contributed by atoms with Crippen molar-refractivity contribution in [2.75, 3.05) is 39.3 Å². The second-order valence-electron chi connectivity index (χ2n) is 6.14. The first-order chi connectivity index (χ1) is 11.1. The van der Waals surface area contributed by atoms with E-state index in [9.17, 15) is 9.59 Å². The smallest absolute Gasteiger partial charge is 0.253 e. The highest BCUT2D eigenvalue weighted by molar-refractivity contribution is 5.94. The van der Waals surface area contributed by atoms with Crippen LogP contribution >= 0.6 is 0 Å². The van der Waals surface area contributed by atoms with E-state index in [0.717, 1.165) is 43.6 Å². The molecule has 126 valence electrons. The first kappa shape index (κ1) is 17.5. The molecule has 0 aliphatic carbocycles. The molecule has 1 heterocycles. The maximum Gasteiger partial charge on any atom is 0.253 e. The number of aryl methyl sites for hydroxylation is 1. The van der Waals surface area contributed by atoms with Crippen LogP contribution in [0.25, 0.3) is 0 Å². The van der Waals surface area contributed by atoms with E-state index < -0.39 is 0 Å². The molecule has 5 heteroatoms. The van der Waals surface area contributed by atoms with E-state index in [1.54, 1.807) is 0 Å². The maximum absolute atomic E-state index is 12.4. The zero-order chi connectivity index (χ0) is 16.7. The van der Waals surface area contributed by atoms with E-state index in [1.807, 2.05) is 36.1 Å². The third-order valence-corrected chi connectivity index (χ3v) is 4.18. The van der Waals surface area contributed by atoms with Crippen molar-refractivity contribution in [1.29, 1.82) is 0 Å². The third-order valence-electron chi connectivity index (χ3n) is 4.18. The number of unbranched alkanes of at least 4 members (excludes halogenated alkanes) is 1. The fraction of sp³-hybridized carbons (Fsp3) is 0.556. The number of nitrogens with zero attached hydrogens (tertiary/aromatic N) is 2. The molecule has 1 aromatic carbocycles. The summed E-state index contributed by atoms with van der Waals surface area (Å²) in [4.78, 5) is 28.2. The Hall–Kier alpha value is -1.88. The van der Waals surface area contributed by atoms with Crippen LogP contribution in [0.4, 0.5) is 0 Å².